The van der Waals surface area contributed by atoms with Crippen molar-refractivity contribution >= 4 is 23.9 Å². The number of hydrogen-bond acceptors (Lipinski definition) is 12. The fraction of sp³-hybridized carbons (Fsp3) is 0.375. The number of aromatic amines is 2. The van der Waals surface area contributed by atoms with Gasteiger partial charge in [-0.25, -0.2) is 29.1 Å². The van der Waals surface area contributed by atoms with Crippen LogP contribution >= 0.6 is 0 Å². The van der Waals surface area contributed by atoms with Crippen LogP contribution in [0.1, 0.15) is 11.4 Å². The number of rotatable bonds is 9. The van der Waals surface area contributed by atoms with E-state index in [1.165, 1.54) is 25.0 Å². The zero-order valence-electron chi connectivity index (χ0n) is 15.4. The molecule has 2 aromatic heterocycles. The summed E-state index contributed by atoms with van der Waals surface area (Å²) in [6.07, 6.45) is 0.411. The van der Waals surface area contributed by atoms with Gasteiger partial charge in [-0.15, -0.1) is 0 Å². The molecular weight excluding hydrogens is 404 g/mol. The summed E-state index contributed by atoms with van der Waals surface area (Å²) in [5, 5.41) is 19.4. The van der Waals surface area contributed by atoms with E-state index in [0.29, 0.717) is 11.4 Å². The van der Waals surface area contributed by atoms with Crippen LogP contribution in [-0.4, -0.2) is 78.3 Å². The van der Waals surface area contributed by atoms with Gasteiger partial charge in [0, 0.05) is 36.6 Å². The van der Waals surface area contributed by atoms with Crippen LogP contribution in [0.3, 0.4) is 0 Å². The van der Waals surface area contributed by atoms with E-state index >= 15 is 0 Å². The Labute approximate surface area is 168 Å². The molecule has 8 N–H and O–H groups in total. The highest BCUT2D eigenvalue weighted by atomic mass is 16.6. The van der Waals surface area contributed by atoms with Crippen LogP contribution in [0.5, 0.6) is 0 Å². The Bertz CT molecular complexity index is 796. The van der Waals surface area contributed by atoms with Crippen molar-refractivity contribution in [2.24, 2.45) is 11.5 Å². The fourth-order valence-electron chi connectivity index (χ4n) is 2.16. The van der Waals surface area contributed by atoms with E-state index < -0.39 is 48.2 Å². The molecule has 14 nitrogen and oxygen atoms in total. The third-order valence-corrected chi connectivity index (χ3v) is 3.78. The van der Waals surface area contributed by atoms with Gasteiger partial charge in [-0.05, 0) is 0 Å². The predicted molar refractivity (Wildman–Crippen MR) is 94.7 cm³/mol. The highest BCUT2D eigenvalue weighted by Gasteiger charge is 2.36. The average Bonchev–Trinajstić information content (AvgIpc) is 3.40. The Hall–Kier alpha value is -3.46. The summed E-state index contributed by atoms with van der Waals surface area (Å²) >= 11 is 0. The molecular formula is C16H20N6O8. The second-order valence-electron chi connectivity index (χ2n) is 6.14. The van der Waals surface area contributed by atoms with Crippen molar-refractivity contribution in [3.63, 3.8) is 0 Å². The number of carbonyl (C=O) groups excluding carboxylic acids is 4. The molecule has 0 radical (unpaired) electrons. The first kappa shape index (κ1) is 22.8. The van der Waals surface area contributed by atoms with Crippen molar-refractivity contribution < 1.29 is 38.9 Å². The Morgan fingerprint density at radius 2 is 1.17 bits per heavy atom. The first-order chi connectivity index (χ1) is 14.2. The first-order valence-corrected chi connectivity index (χ1v) is 8.52. The molecule has 2 rings (SSSR count). The molecule has 2 aromatic rings. The number of aliphatic hydroxyl groups excluding tert-OH is 2. The minimum Gasteiger partial charge on any atom is -0.390 e. The topological polar surface area (TPSA) is 237 Å². The summed E-state index contributed by atoms with van der Waals surface area (Å²) in [6, 6.07) is -2.57. The van der Waals surface area contributed by atoms with E-state index in [-0.39, 0.29) is 12.8 Å². The second kappa shape index (κ2) is 10.4. The van der Waals surface area contributed by atoms with Crippen molar-refractivity contribution in [1.29, 1.82) is 0 Å². The van der Waals surface area contributed by atoms with Gasteiger partial charge in [-0.2, -0.15) is 0 Å². The Balaban J connectivity index is 1.82. The molecule has 0 aliphatic carbocycles. The summed E-state index contributed by atoms with van der Waals surface area (Å²) < 4.78 is 8.68. The van der Waals surface area contributed by atoms with Crippen LogP contribution in [0, 0.1) is 0 Å². The van der Waals surface area contributed by atoms with E-state index in [1.54, 1.807) is 0 Å². The number of H-pyrrole nitrogens is 2. The third kappa shape index (κ3) is 6.28. The summed E-state index contributed by atoms with van der Waals surface area (Å²) in [6.45, 7) is 0. The normalized spacial score (nSPS) is 14.9. The lowest BCUT2D eigenvalue weighted by molar-refractivity contribution is -0.181. The van der Waals surface area contributed by atoms with Crippen molar-refractivity contribution in [2.45, 2.75) is 37.1 Å². The molecule has 0 amide bonds. The van der Waals surface area contributed by atoms with Gasteiger partial charge in [0.2, 0.25) is 0 Å². The SMILES string of the molecule is N[C@@H](Cc1cnc[nH]1)C(=O)OC(=O)C(O)C(O)C(=O)OC(=O)[C@@H](N)Cc1cnc[nH]1. The number of aliphatic hydroxyl groups is 2. The standard InChI is InChI=1S/C16H20N6O8/c17-9(1-7-3-19-5-21-7)13(25)29-15(27)11(23)12(24)16(28)30-14(26)10(18)2-8-4-20-6-22-8/h3-6,9-12,23-24H,1-2,17-18H2,(H,19,21)(H,20,22)/t9-,10-,11?,12?/m0/s1. The lowest BCUT2D eigenvalue weighted by Crippen LogP contribution is -2.46. The number of hydrogen-bond donors (Lipinski definition) is 6. The Kier molecular flexibility index (Phi) is 7.88. The first-order valence-electron chi connectivity index (χ1n) is 8.52. The number of nitrogens with two attached hydrogens (primary N) is 2. The summed E-state index contributed by atoms with van der Waals surface area (Å²) in [4.78, 5) is 60.0. The number of aromatic nitrogens is 4. The highest BCUT2D eigenvalue weighted by Crippen LogP contribution is 2.05. The number of esters is 4. The quantitative estimate of drug-likeness (QED) is 0.169. The molecule has 0 spiro atoms. The molecule has 4 atom stereocenters. The molecule has 2 unspecified atom stereocenters. The number of nitrogens with one attached hydrogen (secondary N) is 2. The van der Waals surface area contributed by atoms with Gasteiger partial charge in [0.1, 0.15) is 12.1 Å². The Morgan fingerprint density at radius 1 is 0.800 bits per heavy atom. The van der Waals surface area contributed by atoms with Crippen LogP contribution in [0.15, 0.2) is 25.0 Å². The molecule has 0 aromatic carbocycles. The van der Waals surface area contributed by atoms with Crippen LogP contribution in [-0.2, 0) is 41.5 Å². The third-order valence-electron chi connectivity index (χ3n) is 3.78. The van der Waals surface area contributed by atoms with Crippen molar-refractivity contribution in [3.8, 4) is 0 Å². The van der Waals surface area contributed by atoms with E-state index in [9.17, 15) is 29.4 Å². The van der Waals surface area contributed by atoms with Crippen molar-refractivity contribution in [3.05, 3.63) is 36.4 Å². The number of nitrogens with zero attached hydrogens (tertiary/aromatic N) is 2. The largest absolute Gasteiger partial charge is 0.390 e. The summed E-state index contributed by atoms with van der Waals surface area (Å²) in [7, 11) is 0. The van der Waals surface area contributed by atoms with Crippen LogP contribution in [0.25, 0.3) is 0 Å². The second-order valence-corrected chi connectivity index (χ2v) is 6.14. The predicted octanol–water partition coefficient (Wildman–Crippen LogP) is -3.57. The van der Waals surface area contributed by atoms with Crippen LogP contribution in [0.4, 0.5) is 0 Å². The van der Waals surface area contributed by atoms with E-state index in [0.717, 1.165) is 0 Å². The molecule has 0 saturated carbocycles. The molecule has 0 aliphatic heterocycles. The molecule has 162 valence electrons. The summed E-state index contributed by atoms with van der Waals surface area (Å²) in [5.74, 6) is -5.74. The van der Waals surface area contributed by atoms with Gasteiger partial charge in [0.05, 0.1) is 12.7 Å². The van der Waals surface area contributed by atoms with E-state index in [4.69, 9.17) is 11.5 Å². The van der Waals surface area contributed by atoms with Gasteiger partial charge in [0.15, 0.2) is 12.2 Å². The maximum atomic E-state index is 11.8. The maximum Gasteiger partial charge on any atom is 0.346 e. The van der Waals surface area contributed by atoms with Crippen LogP contribution < -0.4 is 11.5 Å². The minimum absolute atomic E-state index is 0.0461. The number of carbonyl (C=O) groups is 4. The van der Waals surface area contributed by atoms with E-state index in [2.05, 4.69) is 29.4 Å². The van der Waals surface area contributed by atoms with Gasteiger partial charge < -0.3 is 41.1 Å². The Morgan fingerprint density at radius 3 is 1.47 bits per heavy atom. The highest BCUT2D eigenvalue weighted by molar-refractivity contribution is 5.96. The van der Waals surface area contributed by atoms with Gasteiger partial charge in [-0.3, -0.25) is 0 Å². The average molecular weight is 424 g/mol. The monoisotopic (exact) mass is 424 g/mol. The molecule has 0 bridgehead atoms. The maximum absolute atomic E-state index is 11.8. The van der Waals surface area contributed by atoms with E-state index in [1.807, 2.05) is 0 Å². The van der Waals surface area contributed by atoms with Gasteiger partial charge in [0.25, 0.3) is 0 Å². The zero-order chi connectivity index (χ0) is 22.3. The number of imidazole rings is 2. The van der Waals surface area contributed by atoms with Gasteiger partial charge >= 0.3 is 23.9 Å². The van der Waals surface area contributed by atoms with Gasteiger partial charge in [-0.1, -0.05) is 0 Å². The smallest absolute Gasteiger partial charge is 0.346 e. The molecule has 2 heterocycles. The lowest BCUT2D eigenvalue weighted by Gasteiger charge is -2.17. The fourth-order valence-corrected chi connectivity index (χ4v) is 2.16. The minimum atomic E-state index is -2.50. The van der Waals surface area contributed by atoms with Crippen LogP contribution in [0.2, 0.25) is 0 Å². The molecule has 30 heavy (non-hydrogen) atoms. The molecule has 14 heteroatoms. The molecule has 0 saturated heterocycles. The molecule has 0 fully saturated rings. The van der Waals surface area contributed by atoms with Crippen molar-refractivity contribution in [1.82, 2.24) is 19.9 Å². The number of ether oxygens (including phenoxy) is 2. The molecule has 0 aliphatic rings. The zero-order valence-corrected chi connectivity index (χ0v) is 15.4. The lowest BCUT2D eigenvalue weighted by atomic mass is 10.1. The summed E-state index contributed by atoms with van der Waals surface area (Å²) in [5.41, 5.74) is 12.1. The van der Waals surface area contributed by atoms with Crippen molar-refractivity contribution in [2.75, 3.05) is 0 Å².